The van der Waals surface area contributed by atoms with Crippen molar-refractivity contribution in [2.75, 3.05) is 14.1 Å². The Morgan fingerprint density at radius 3 is 1.43 bits per heavy atom. The molecule has 0 aliphatic heterocycles. The van der Waals surface area contributed by atoms with Gasteiger partial charge in [0, 0.05) is 41.2 Å². The summed E-state index contributed by atoms with van der Waals surface area (Å²) in [7, 11) is 3.05. The van der Waals surface area contributed by atoms with E-state index in [2.05, 4.69) is 20.1 Å². The number of halogens is 1. The van der Waals surface area contributed by atoms with Crippen molar-refractivity contribution in [3.05, 3.63) is 116 Å². The van der Waals surface area contributed by atoms with Crippen molar-refractivity contribution in [1.29, 1.82) is 0 Å². The lowest BCUT2D eigenvalue weighted by atomic mass is 10.2. The molecule has 0 saturated heterocycles. The van der Waals surface area contributed by atoms with Crippen molar-refractivity contribution in [1.82, 2.24) is 10.1 Å². The predicted molar refractivity (Wildman–Crippen MR) is 181 cm³/mol. The van der Waals surface area contributed by atoms with Gasteiger partial charge in [0.15, 0.2) is 0 Å². The molecule has 0 saturated carbocycles. The Labute approximate surface area is 280 Å². The van der Waals surface area contributed by atoms with Gasteiger partial charge in [0.1, 0.15) is 13.2 Å². The van der Waals surface area contributed by atoms with Crippen LogP contribution in [0, 0.1) is 0 Å². The first-order valence-corrected chi connectivity index (χ1v) is 14.6. The highest BCUT2D eigenvalue weighted by Crippen LogP contribution is 2.15. The summed E-state index contributed by atoms with van der Waals surface area (Å²) in [4.78, 5) is 38.8. The van der Waals surface area contributed by atoms with Crippen LogP contribution in [0.3, 0.4) is 0 Å². The van der Waals surface area contributed by atoms with Crippen LogP contribution in [0.2, 0.25) is 0 Å². The van der Waals surface area contributed by atoms with Crippen molar-refractivity contribution >= 4 is 34.8 Å². The number of hydrogen-bond acceptors (Lipinski definition) is 8. The summed E-state index contributed by atoms with van der Waals surface area (Å²) in [5, 5.41) is 27.3. The third-order valence-electron chi connectivity index (χ3n) is 5.68. The first kappa shape index (κ1) is 42.3. The molecule has 0 radical (unpaired) electrons. The molecule has 2 atom stereocenters. The summed E-state index contributed by atoms with van der Waals surface area (Å²) in [6.07, 6.45) is -1.24. The van der Waals surface area contributed by atoms with Gasteiger partial charge in [-0.2, -0.15) is 0 Å². The zero-order valence-electron chi connectivity index (χ0n) is 26.2. The average Bonchev–Trinajstić information content (AvgIpc) is 3.04. The highest BCUT2D eigenvalue weighted by atomic mass is 35.5. The average molecular weight is 671 g/mol. The van der Waals surface area contributed by atoms with Crippen LogP contribution in [0.4, 0.5) is 11.4 Å². The van der Waals surface area contributed by atoms with Gasteiger partial charge in [-0.3, -0.25) is 19.3 Å². The summed E-state index contributed by atoms with van der Waals surface area (Å²) in [6.45, 7) is 3.69. The first-order chi connectivity index (χ1) is 22.0. The molecule has 0 bridgehead atoms. The zero-order chi connectivity index (χ0) is 34.3. The van der Waals surface area contributed by atoms with Crippen molar-refractivity contribution in [3.63, 3.8) is 0 Å². The quantitative estimate of drug-likeness (QED) is 0.0615. The molecule has 254 valence electrons. The molecule has 2 N–H and O–H groups in total. The van der Waals surface area contributed by atoms with Gasteiger partial charge in [0.25, 0.3) is 0 Å². The zero-order valence-corrected chi connectivity index (χ0v) is 26.9. The lowest BCUT2D eigenvalue weighted by molar-refractivity contribution is -0.184. The molecule has 0 fully saturated rings. The summed E-state index contributed by atoms with van der Waals surface area (Å²) >= 11 is 5.55. The molecule has 3 aromatic carbocycles. The first-order valence-electron chi connectivity index (χ1n) is 14.0. The number of aliphatic hydroxyl groups excluding tert-OH is 2. The van der Waals surface area contributed by atoms with Crippen molar-refractivity contribution in [3.8, 4) is 0 Å². The third-order valence-corrected chi connectivity index (χ3v) is 5.99. The molecular weight excluding hydrogens is 628 g/mol. The molecule has 0 heterocycles. The second-order valence-electron chi connectivity index (χ2n) is 9.77. The smallest absolute Gasteiger partial charge is 0.248 e. The number of hydrogen-bond donors (Lipinski definition) is 2. The number of aliphatic hydroxyl groups is 2. The minimum absolute atomic E-state index is 0. The molecule has 0 aromatic heterocycles. The number of nitrogens with zero attached hydrogens (tertiary/aromatic N) is 8. The molecule has 2 unspecified atom stereocenters. The van der Waals surface area contributed by atoms with E-state index in [1.807, 2.05) is 42.5 Å². The number of amides is 2. The standard InChI is InChI=1S/C12H16N4O3.C12H17NO3.C7H6ClN3.CH4/c1-9(17)7-12(18)16(2)19-8-10-3-5-11(6-4-10)14-15-13;1-10(14)8-12(15)13(2)16-9-11-6-4-3-5-7-11;8-5-6-1-3-7(4-2-6)10-11-9;/h3-6,9,17H,7-8H2,1-2H3;3-7,10,14H,8-9H2,1-2H3;1-4H,5H2;1H4. The van der Waals surface area contributed by atoms with Gasteiger partial charge in [0.05, 0.1) is 25.0 Å². The Kier molecular flexibility index (Phi) is 22.1. The van der Waals surface area contributed by atoms with E-state index in [0.717, 1.165) is 21.8 Å². The topological polar surface area (TPSA) is 197 Å². The van der Waals surface area contributed by atoms with Gasteiger partial charge in [-0.05, 0) is 41.6 Å². The number of rotatable bonds is 13. The third kappa shape index (κ3) is 19.5. The molecule has 0 aliphatic carbocycles. The van der Waals surface area contributed by atoms with Crippen molar-refractivity contribution in [2.45, 2.75) is 65.4 Å². The summed E-state index contributed by atoms with van der Waals surface area (Å²) in [5.74, 6) is -0.0390. The van der Waals surface area contributed by atoms with E-state index >= 15 is 0 Å². The minimum Gasteiger partial charge on any atom is -0.393 e. The van der Waals surface area contributed by atoms with Crippen molar-refractivity contribution in [2.24, 2.45) is 10.2 Å². The van der Waals surface area contributed by atoms with E-state index in [0.29, 0.717) is 23.9 Å². The molecule has 0 spiro atoms. The van der Waals surface area contributed by atoms with Gasteiger partial charge in [0.2, 0.25) is 11.8 Å². The predicted octanol–water partition coefficient (Wildman–Crippen LogP) is 7.64. The van der Waals surface area contributed by atoms with Gasteiger partial charge in [-0.15, -0.1) is 11.6 Å². The summed E-state index contributed by atoms with van der Waals surface area (Å²) in [5.41, 5.74) is 20.3. The lowest BCUT2D eigenvalue weighted by Gasteiger charge is -2.17. The number of carbonyl (C=O) groups excluding carboxylic acids is 2. The maximum absolute atomic E-state index is 11.5. The molecule has 15 heteroatoms. The van der Waals surface area contributed by atoms with Crippen LogP contribution in [-0.4, -0.2) is 58.5 Å². The Balaban J connectivity index is 0.000000690. The highest BCUT2D eigenvalue weighted by Gasteiger charge is 2.13. The summed E-state index contributed by atoms with van der Waals surface area (Å²) in [6, 6.07) is 23.5. The van der Waals surface area contributed by atoms with E-state index in [4.69, 9.17) is 42.6 Å². The Morgan fingerprint density at radius 1 is 0.723 bits per heavy atom. The van der Waals surface area contributed by atoms with Gasteiger partial charge in [-0.25, -0.2) is 10.1 Å². The van der Waals surface area contributed by atoms with Crippen LogP contribution >= 0.6 is 11.6 Å². The molecule has 0 aliphatic rings. The maximum atomic E-state index is 11.5. The highest BCUT2D eigenvalue weighted by molar-refractivity contribution is 6.17. The molecular formula is C32H43ClN8O6. The van der Waals surface area contributed by atoms with Crippen LogP contribution in [0.25, 0.3) is 20.9 Å². The van der Waals surface area contributed by atoms with Gasteiger partial charge >= 0.3 is 0 Å². The fourth-order valence-electron chi connectivity index (χ4n) is 3.24. The second-order valence-corrected chi connectivity index (χ2v) is 10.0. The van der Waals surface area contributed by atoms with Crippen LogP contribution < -0.4 is 0 Å². The molecule has 3 rings (SSSR count). The Morgan fingerprint density at radius 2 is 1.09 bits per heavy atom. The number of alkyl halides is 1. The van der Waals surface area contributed by atoms with E-state index in [-0.39, 0.29) is 38.7 Å². The van der Waals surface area contributed by atoms with E-state index in [9.17, 15) is 9.59 Å². The second kappa shape index (κ2) is 24.6. The van der Waals surface area contributed by atoms with Crippen molar-refractivity contribution < 1.29 is 29.5 Å². The van der Waals surface area contributed by atoms with Crippen LogP contribution in [0.15, 0.2) is 89.1 Å². The van der Waals surface area contributed by atoms with Crippen LogP contribution in [-0.2, 0) is 38.4 Å². The number of azide groups is 2. The molecule has 2 amide bonds. The van der Waals surface area contributed by atoms with Crippen LogP contribution in [0.5, 0.6) is 0 Å². The van der Waals surface area contributed by atoms with Gasteiger partial charge < -0.3 is 10.2 Å². The summed E-state index contributed by atoms with van der Waals surface area (Å²) < 4.78 is 0. The fourth-order valence-corrected chi connectivity index (χ4v) is 3.42. The number of benzene rings is 3. The van der Waals surface area contributed by atoms with Crippen LogP contribution in [0.1, 0.15) is 50.8 Å². The number of carbonyl (C=O) groups is 2. The molecule has 14 nitrogen and oxygen atoms in total. The van der Waals surface area contributed by atoms with E-state index in [1.54, 1.807) is 57.3 Å². The molecule has 47 heavy (non-hydrogen) atoms. The monoisotopic (exact) mass is 670 g/mol. The SMILES string of the molecule is C.CC(O)CC(=O)N(C)OCc1ccc(N=[N+]=[N-])cc1.CC(O)CC(=O)N(C)OCc1ccccc1.[N-]=[N+]=Nc1ccc(CCl)cc1. The largest absolute Gasteiger partial charge is 0.393 e. The normalized spacial score (nSPS) is 10.9. The lowest BCUT2D eigenvalue weighted by Crippen LogP contribution is -2.29. The number of hydroxylamine groups is 4. The maximum Gasteiger partial charge on any atom is 0.248 e. The van der Waals surface area contributed by atoms with Gasteiger partial charge in [-0.1, -0.05) is 96.5 Å². The van der Waals surface area contributed by atoms with E-state index < -0.39 is 12.2 Å². The van der Waals surface area contributed by atoms with E-state index in [1.165, 1.54) is 12.1 Å². The Bertz CT molecular complexity index is 1410. The fraction of sp³-hybridized carbons (Fsp3) is 0.375. The Hall–Kier alpha value is -4.65. The molecule has 3 aromatic rings. The minimum atomic E-state index is -0.693.